The first kappa shape index (κ1) is 38.7. The molecule has 0 fully saturated rings. The van der Waals surface area contributed by atoms with Gasteiger partial charge in [0.2, 0.25) is 0 Å². The molecule has 0 radical (unpaired) electrons. The predicted molar refractivity (Wildman–Crippen MR) is 210 cm³/mol. The Morgan fingerprint density at radius 1 is 0.433 bits per heavy atom. The summed E-state index contributed by atoms with van der Waals surface area (Å²) >= 11 is 24.5. The molecule has 0 amide bonds. The zero-order chi connectivity index (χ0) is 42.7. The first-order valence-corrected chi connectivity index (χ1v) is 18.7. The molecule has 60 heavy (non-hydrogen) atoms. The number of ether oxygens (including phenoxy) is 4. The minimum Gasteiger partial charge on any atom is -0.506 e. The minimum atomic E-state index is -1.64. The zero-order valence-electron chi connectivity index (χ0n) is 29.5. The molecular formula is C42H20Cl4O14. The summed E-state index contributed by atoms with van der Waals surface area (Å²) < 4.78 is 23.3. The number of benzene rings is 6. The lowest BCUT2D eigenvalue weighted by Gasteiger charge is -2.37. The van der Waals surface area contributed by atoms with Crippen molar-refractivity contribution in [2.45, 2.75) is 11.2 Å². The van der Waals surface area contributed by atoms with Crippen molar-refractivity contribution in [2.75, 3.05) is 0 Å². The van der Waals surface area contributed by atoms with Crippen LogP contribution in [0.25, 0.3) is 0 Å². The molecule has 4 aliphatic heterocycles. The van der Waals surface area contributed by atoms with Crippen LogP contribution in [-0.2, 0) is 20.7 Å². The van der Waals surface area contributed by atoms with Crippen LogP contribution >= 0.6 is 46.4 Å². The zero-order valence-corrected chi connectivity index (χ0v) is 32.6. The van der Waals surface area contributed by atoms with Crippen molar-refractivity contribution in [3.05, 3.63) is 161 Å². The highest BCUT2D eigenvalue weighted by Gasteiger charge is 2.56. The molecule has 4 heterocycles. The van der Waals surface area contributed by atoms with E-state index in [0.717, 1.165) is 0 Å². The van der Waals surface area contributed by atoms with E-state index in [9.17, 15) is 49.8 Å². The normalized spacial score (nSPS) is 15.1. The van der Waals surface area contributed by atoms with Crippen LogP contribution in [0.1, 0.15) is 74.8 Å². The number of carbonyl (C=O) groups is 4. The second-order valence-electron chi connectivity index (χ2n) is 13.7. The monoisotopic (exact) mass is 888 g/mol. The average Bonchev–Trinajstić information content (AvgIpc) is 3.66. The van der Waals surface area contributed by atoms with Crippen LogP contribution in [0.4, 0.5) is 0 Å². The molecule has 14 nitrogen and oxygen atoms in total. The summed E-state index contributed by atoms with van der Waals surface area (Å²) in [6.07, 6.45) is 0. The van der Waals surface area contributed by atoms with Crippen LogP contribution in [0.2, 0.25) is 20.1 Å². The van der Waals surface area contributed by atoms with Gasteiger partial charge in [-0.3, -0.25) is 0 Å². The fourth-order valence-electron chi connectivity index (χ4n) is 7.73. The van der Waals surface area contributed by atoms with E-state index in [4.69, 9.17) is 65.4 Å². The molecule has 0 bridgehead atoms. The van der Waals surface area contributed by atoms with Crippen molar-refractivity contribution in [3.8, 4) is 46.0 Å². The number of phenolic OH excluding ortho intramolecular Hbond substituents is 4. The van der Waals surface area contributed by atoms with Crippen LogP contribution < -0.4 is 9.47 Å². The van der Waals surface area contributed by atoms with Gasteiger partial charge in [-0.25, -0.2) is 19.2 Å². The summed E-state index contributed by atoms with van der Waals surface area (Å²) in [5, 5.41) is 58.9. The van der Waals surface area contributed by atoms with E-state index in [1.807, 2.05) is 0 Å². The Labute approximate surface area is 355 Å². The van der Waals surface area contributed by atoms with E-state index in [0.29, 0.717) is 16.7 Å². The van der Waals surface area contributed by atoms with Gasteiger partial charge in [0.1, 0.15) is 46.0 Å². The third-order valence-electron chi connectivity index (χ3n) is 10.4. The molecule has 0 aliphatic carbocycles. The Balaban J connectivity index is 0.000000154. The molecule has 6 aromatic rings. The Hall–Kier alpha value is -6.84. The summed E-state index contributed by atoms with van der Waals surface area (Å²) in [4.78, 5) is 48.5. The number of rotatable bonds is 2. The van der Waals surface area contributed by atoms with Gasteiger partial charge < -0.3 is 49.6 Å². The lowest BCUT2D eigenvalue weighted by molar-refractivity contribution is 0.0214. The number of carbonyl (C=O) groups excluding carboxylic acids is 2. The number of hydrogen-bond acceptors (Lipinski definition) is 12. The summed E-state index contributed by atoms with van der Waals surface area (Å²) in [6.45, 7) is 0. The fraction of sp³-hybridized carbons (Fsp3) is 0.0476. The summed E-state index contributed by atoms with van der Waals surface area (Å²) in [7, 11) is 0. The van der Waals surface area contributed by atoms with E-state index in [1.165, 1.54) is 84.9 Å². The molecule has 10 rings (SSSR count). The van der Waals surface area contributed by atoms with Crippen molar-refractivity contribution >= 4 is 70.3 Å². The average molecular weight is 890 g/mol. The molecule has 0 saturated carbocycles. The molecule has 0 saturated heterocycles. The van der Waals surface area contributed by atoms with Gasteiger partial charge >= 0.3 is 23.9 Å². The minimum absolute atomic E-state index is 0.00305. The van der Waals surface area contributed by atoms with E-state index in [-0.39, 0.29) is 105 Å². The molecule has 0 aromatic heterocycles. The summed E-state index contributed by atoms with van der Waals surface area (Å²) in [6, 6.07) is 18.7. The quantitative estimate of drug-likeness (QED) is 0.0891. The highest BCUT2D eigenvalue weighted by atomic mass is 35.5. The number of aromatic carboxylic acids is 2. The Morgan fingerprint density at radius 2 is 0.783 bits per heavy atom. The third-order valence-corrected chi connectivity index (χ3v) is 11.6. The van der Waals surface area contributed by atoms with Crippen molar-refractivity contribution in [1.29, 1.82) is 0 Å². The van der Waals surface area contributed by atoms with Crippen LogP contribution in [0.15, 0.2) is 84.9 Å². The largest absolute Gasteiger partial charge is 0.506 e. The van der Waals surface area contributed by atoms with Gasteiger partial charge in [0.05, 0.1) is 42.3 Å². The van der Waals surface area contributed by atoms with Gasteiger partial charge in [-0.05, 0) is 54.6 Å². The van der Waals surface area contributed by atoms with Crippen molar-refractivity contribution in [2.24, 2.45) is 0 Å². The Morgan fingerprint density at radius 3 is 1.18 bits per heavy atom. The molecule has 6 N–H and O–H groups in total. The first-order chi connectivity index (χ1) is 28.4. The van der Waals surface area contributed by atoms with Crippen LogP contribution in [0.3, 0.4) is 0 Å². The number of carboxylic acids is 2. The van der Waals surface area contributed by atoms with E-state index in [1.54, 1.807) is 0 Å². The standard InChI is InChI=1S/2C21H10Cl2O7/c22-13-4-11-17(6-15(13)24)29-18-7-16(25)14(23)5-12(18)21(11)10-2-1-8(19(26)27)3-9(10)20(28)30-21;22-13-4-11-17(6-15(13)24)29-18-7-16(25)14(23)5-12(18)21(11)10-3-8(19(26)27)1-2-9(10)20(28)30-21/h2*1-7,24-25H,(H,26,27). The second kappa shape index (κ2) is 13.3. The van der Waals surface area contributed by atoms with Crippen molar-refractivity contribution in [3.63, 3.8) is 0 Å². The second-order valence-corrected chi connectivity index (χ2v) is 15.3. The number of esters is 2. The highest BCUT2D eigenvalue weighted by molar-refractivity contribution is 6.33. The fourth-order valence-corrected chi connectivity index (χ4v) is 8.39. The molecule has 0 unspecified atom stereocenters. The van der Waals surface area contributed by atoms with Gasteiger partial charge in [0, 0.05) is 57.6 Å². The molecule has 6 aromatic carbocycles. The SMILES string of the molecule is O=C(O)c1ccc2c(c1)C(=O)OC21c2cc(Cl)c(O)cc2Oc2cc(O)c(Cl)cc21.O=C(O)c1ccc2c(c1)C1(OC2=O)c2cc(Cl)c(O)cc2Oc2cc(O)c(Cl)cc21. The smallest absolute Gasteiger partial charge is 0.340 e. The number of hydrogen-bond donors (Lipinski definition) is 6. The van der Waals surface area contributed by atoms with E-state index in [2.05, 4.69) is 0 Å². The Kier molecular flexibility index (Phi) is 8.60. The van der Waals surface area contributed by atoms with E-state index >= 15 is 0 Å². The number of aromatic hydroxyl groups is 4. The Bertz CT molecular complexity index is 2880. The topological polar surface area (TPSA) is 227 Å². The number of fused-ring (bicyclic) bond motifs is 12. The van der Waals surface area contributed by atoms with Crippen LogP contribution in [-0.4, -0.2) is 54.5 Å². The maximum absolute atomic E-state index is 12.8. The molecule has 2 spiro atoms. The lowest BCUT2D eigenvalue weighted by atomic mass is 9.77. The van der Waals surface area contributed by atoms with Gasteiger partial charge in [0.25, 0.3) is 0 Å². The van der Waals surface area contributed by atoms with Gasteiger partial charge in [-0.2, -0.15) is 0 Å². The van der Waals surface area contributed by atoms with Gasteiger partial charge in [0.15, 0.2) is 11.2 Å². The molecule has 0 atom stereocenters. The number of phenols is 4. The van der Waals surface area contributed by atoms with Crippen LogP contribution in [0, 0.1) is 0 Å². The molecule has 4 aliphatic rings. The number of halogens is 4. The predicted octanol–water partition coefficient (Wildman–Crippen LogP) is 9.34. The maximum atomic E-state index is 12.8. The third kappa shape index (κ3) is 5.49. The van der Waals surface area contributed by atoms with Crippen molar-refractivity contribution < 1.29 is 68.8 Å². The van der Waals surface area contributed by atoms with Gasteiger partial charge in [-0.1, -0.05) is 52.5 Å². The highest BCUT2D eigenvalue weighted by Crippen LogP contribution is 2.60. The van der Waals surface area contributed by atoms with Gasteiger partial charge in [-0.15, -0.1) is 0 Å². The summed E-state index contributed by atoms with van der Waals surface area (Å²) in [5.41, 5.74) is -1.36. The first-order valence-electron chi connectivity index (χ1n) is 17.1. The molecule has 300 valence electrons. The maximum Gasteiger partial charge on any atom is 0.340 e. The summed E-state index contributed by atoms with van der Waals surface area (Å²) in [5.74, 6) is -4.33. The molecular weight excluding hydrogens is 870 g/mol. The lowest BCUT2D eigenvalue weighted by Crippen LogP contribution is -2.33. The van der Waals surface area contributed by atoms with Crippen molar-refractivity contribution in [1.82, 2.24) is 0 Å². The van der Waals surface area contributed by atoms with Crippen LogP contribution in [0.5, 0.6) is 46.0 Å². The van der Waals surface area contributed by atoms with E-state index < -0.39 is 35.1 Å². The number of carboxylic acid groups (broad SMARTS) is 2. The molecule has 18 heteroatoms.